The van der Waals surface area contributed by atoms with Gasteiger partial charge in [0.05, 0.1) is 18.1 Å². The topological polar surface area (TPSA) is 75.6 Å². The van der Waals surface area contributed by atoms with E-state index in [0.29, 0.717) is 12.1 Å². The standard InChI is InChI=1S/C21H19N5O/c27-21(18-8-6-17(7-9-18)19-10-11-23-25-19)24-20(14-26-13-12-22-15-26)16-4-2-1-3-5-16/h1-13,15,20H,14H2,(H,23,25)(H,24,27). The highest BCUT2D eigenvalue weighted by molar-refractivity contribution is 5.94. The molecule has 6 nitrogen and oxygen atoms in total. The molecule has 0 bridgehead atoms. The number of aromatic amines is 1. The van der Waals surface area contributed by atoms with Crippen molar-refractivity contribution < 1.29 is 4.79 Å². The smallest absolute Gasteiger partial charge is 0.251 e. The SMILES string of the molecule is O=C(NC(Cn1ccnc1)c1ccccc1)c1ccc(-c2ccn[nH]2)cc1. The number of amides is 1. The number of H-pyrrole nitrogens is 1. The van der Waals surface area contributed by atoms with Crippen molar-refractivity contribution in [1.82, 2.24) is 25.1 Å². The van der Waals surface area contributed by atoms with Crippen LogP contribution >= 0.6 is 0 Å². The van der Waals surface area contributed by atoms with Gasteiger partial charge in [0.2, 0.25) is 0 Å². The number of imidazole rings is 1. The molecule has 1 unspecified atom stereocenters. The van der Waals surface area contributed by atoms with E-state index in [9.17, 15) is 4.79 Å². The first kappa shape index (κ1) is 16.8. The van der Waals surface area contributed by atoms with Crippen LogP contribution < -0.4 is 5.32 Å². The number of carbonyl (C=O) groups is 1. The fraction of sp³-hybridized carbons (Fsp3) is 0.0952. The first-order valence-corrected chi connectivity index (χ1v) is 8.71. The lowest BCUT2D eigenvalue weighted by Gasteiger charge is -2.20. The molecule has 27 heavy (non-hydrogen) atoms. The van der Waals surface area contributed by atoms with Crippen LogP contribution in [0.1, 0.15) is 22.0 Å². The maximum Gasteiger partial charge on any atom is 0.251 e. The van der Waals surface area contributed by atoms with Crippen molar-refractivity contribution in [2.75, 3.05) is 0 Å². The molecule has 2 aromatic carbocycles. The largest absolute Gasteiger partial charge is 0.343 e. The molecule has 2 aromatic heterocycles. The third-order valence-electron chi connectivity index (χ3n) is 4.42. The van der Waals surface area contributed by atoms with Gasteiger partial charge in [-0.1, -0.05) is 42.5 Å². The van der Waals surface area contributed by atoms with Crippen molar-refractivity contribution in [1.29, 1.82) is 0 Å². The summed E-state index contributed by atoms with van der Waals surface area (Å²) in [6.45, 7) is 0.613. The zero-order valence-electron chi connectivity index (χ0n) is 14.6. The molecule has 0 radical (unpaired) electrons. The molecule has 1 atom stereocenters. The van der Waals surface area contributed by atoms with E-state index in [-0.39, 0.29) is 11.9 Å². The van der Waals surface area contributed by atoms with Crippen molar-refractivity contribution >= 4 is 5.91 Å². The van der Waals surface area contributed by atoms with Gasteiger partial charge in [0.1, 0.15) is 0 Å². The Hall–Kier alpha value is -3.67. The molecule has 1 amide bonds. The van der Waals surface area contributed by atoms with Gasteiger partial charge in [0, 0.05) is 30.7 Å². The highest BCUT2D eigenvalue weighted by Gasteiger charge is 2.16. The molecule has 134 valence electrons. The third kappa shape index (κ3) is 3.95. The lowest BCUT2D eigenvalue weighted by Crippen LogP contribution is -2.31. The maximum absolute atomic E-state index is 12.8. The predicted octanol–water partition coefficient (Wildman–Crippen LogP) is 3.44. The first-order chi connectivity index (χ1) is 13.3. The minimum Gasteiger partial charge on any atom is -0.343 e. The van der Waals surface area contributed by atoms with Crippen LogP contribution in [0.5, 0.6) is 0 Å². The monoisotopic (exact) mass is 357 g/mol. The van der Waals surface area contributed by atoms with Gasteiger partial charge < -0.3 is 9.88 Å². The molecule has 0 fully saturated rings. The van der Waals surface area contributed by atoms with Crippen LogP contribution in [0.15, 0.2) is 85.6 Å². The number of nitrogens with zero attached hydrogens (tertiary/aromatic N) is 3. The van der Waals surface area contributed by atoms with E-state index in [0.717, 1.165) is 16.8 Å². The summed E-state index contributed by atoms with van der Waals surface area (Å²) < 4.78 is 1.96. The number of benzene rings is 2. The van der Waals surface area contributed by atoms with Gasteiger partial charge in [-0.3, -0.25) is 9.89 Å². The van der Waals surface area contributed by atoms with E-state index in [4.69, 9.17) is 0 Å². The lowest BCUT2D eigenvalue weighted by atomic mass is 10.1. The maximum atomic E-state index is 12.8. The van der Waals surface area contributed by atoms with E-state index in [1.165, 1.54) is 0 Å². The Morgan fingerprint density at radius 3 is 2.52 bits per heavy atom. The summed E-state index contributed by atoms with van der Waals surface area (Å²) >= 11 is 0. The van der Waals surface area contributed by atoms with Crippen LogP contribution in [-0.4, -0.2) is 25.7 Å². The van der Waals surface area contributed by atoms with Gasteiger partial charge in [0.15, 0.2) is 0 Å². The Bertz CT molecular complexity index is 977. The summed E-state index contributed by atoms with van der Waals surface area (Å²) in [5.74, 6) is -0.111. The zero-order chi connectivity index (χ0) is 18.5. The normalized spacial score (nSPS) is 11.9. The van der Waals surface area contributed by atoms with Crippen LogP contribution in [0.25, 0.3) is 11.3 Å². The Morgan fingerprint density at radius 2 is 1.85 bits per heavy atom. The van der Waals surface area contributed by atoms with E-state index in [2.05, 4.69) is 20.5 Å². The highest BCUT2D eigenvalue weighted by Crippen LogP contribution is 2.19. The lowest BCUT2D eigenvalue weighted by molar-refractivity contribution is 0.0932. The number of carbonyl (C=O) groups excluding carboxylic acids is 1. The van der Waals surface area contributed by atoms with E-state index in [1.54, 1.807) is 18.7 Å². The Kier molecular flexibility index (Phi) is 4.78. The molecular formula is C21H19N5O. The molecule has 2 N–H and O–H groups in total. The van der Waals surface area contributed by atoms with Crippen molar-refractivity contribution in [2.24, 2.45) is 0 Å². The first-order valence-electron chi connectivity index (χ1n) is 8.71. The number of nitrogens with one attached hydrogen (secondary N) is 2. The Labute approximate surface area is 156 Å². The van der Waals surface area contributed by atoms with Gasteiger partial charge in [0.25, 0.3) is 5.91 Å². The minimum atomic E-state index is -0.153. The molecule has 2 heterocycles. The minimum absolute atomic E-state index is 0.111. The van der Waals surface area contributed by atoms with E-state index >= 15 is 0 Å². The number of hydrogen-bond donors (Lipinski definition) is 2. The molecule has 0 aliphatic carbocycles. The van der Waals surface area contributed by atoms with Gasteiger partial charge in [-0.2, -0.15) is 5.10 Å². The van der Waals surface area contributed by atoms with Crippen molar-refractivity contribution in [3.63, 3.8) is 0 Å². The van der Waals surface area contributed by atoms with E-state index < -0.39 is 0 Å². The summed E-state index contributed by atoms with van der Waals surface area (Å²) in [7, 11) is 0. The molecule has 0 aliphatic rings. The number of rotatable bonds is 6. The molecule has 4 aromatic rings. The summed E-state index contributed by atoms with van der Waals surface area (Å²) in [4.78, 5) is 16.9. The van der Waals surface area contributed by atoms with Gasteiger partial charge >= 0.3 is 0 Å². The second-order valence-electron chi connectivity index (χ2n) is 6.24. The number of aromatic nitrogens is 4. The van der Waals surface area contributed by atoms with Crippen molar-refractivity contribution in [3.05, 3.63) is 96.7 Å². The van der Waals surface area contributed by atoms with Gasteiger partial charge in [-0.05, 0) is 29.3 Å². The molecule has 0 spiro atoms. The van der Waals surface area contributed by atoms with Gasteiger partial charge in [-0.15, -0.1) is 0 Å². The summed E-state index contributed by atoms with van der Waals surface area (Å²) in [5.41, 5.74) is 3.57. The third-order valence-corrected chi connectivity index (χ3v) is 4.42. The fourth-order valence-corrected chi connectivity index (χ4v) is 2.98. The Morgan fingerprint density at radius 1 is 1.04 bits per heavy atom. The van der Waals surface area contributed by atoms with Crippen molar-refractivity contribution in [2.45, 2.75) is 12.6 Å². The molecule has 4 rings (SSSR count). The second-order valence-corrected chi connectivity index (χ2v) is 6.24. The van der Waals surface area contributed by atoms with Crippen LogP contribution in [0.3, 0.4) is 0 Å². The van der Waals surface area contributed by atoms with E-state index in [1.807, 2.05) is 71.4 Å². The van der Waals surface area contributed by atoms with Crippen LogP contribution in [0.2, 0.25) is 0 Å². The van der Waals surface area contributed by atoms with Gasteiger partial charge in [-0.25, -0.2) is 4.98 Å². The summed E-state index contributed by atoms with van der Waals surface area (Å²) in [5, 5.41) is 10.0. The fourth-order valence-electron chi connectivity index (χ4n) is 2.98. The zero-order valence-corrected chi connectivity index (χ0v) is 14.6. The van der Waals surface area contributed by atoms with Crippen LogP contribution in [-0.2, 0) is 6.54 Å². The quantitative estimate of drug-likeness (QED) is 0.555. The second kappa shape index (κ2) is 7.70. The molecule has 0 saturated heterocycles. The summed E-state index contributed by atoms with van der Waals surface area (Å²) in [6.07, 6.45) is 7.08. The molecule has 0 aliphatic heterocycles. The van der Waals surface area contributed by atoms with Crippen LogP contribution in [0, 0.1) is 0 Å². The predicted molar refractivity (Wildman–Crippen MR) is 103 cm³/mol. The molecule has 0 saturated carbocycles. The average Bonchev–Trinajstić information content (AvgIpc) is 3.42. The Balaban J connectivity index is 1.52. The number of hydrogen-bond acceptors (Lipinski definition) is 3. The van der Waals surface area contributed by atoms with Crippen molar-refractivity contribution in [3.8, 4) is 11.3 Å². The average molecular weight is 357 g/mol. The van der Waals surface area contributed by atoms with Crippen LogP contribution in [0.4, 0.5) is 0 Å². The highest BCUT2D eigenvalue weighted by atomic mass is 16.1. The molecular weight excluding hydrogens is 338 g/mol. The molecule has 6 heteroatoms. The summed E-state index contributed by atoms with van der Waals surface area (Å²) in [6, 6.07) is 19.2.